The highest BCUT2D eigenvalue weighted by molar-refractivity contribution is 5.01. The standard InChI is InChI=1S/C12H21NO/c1-9-8-13-7-6-12(9)5-4-10-2-3-11(12)14-10/h9-11,13H,2-8H2,1H3. The monoisotopic (exact) mass is 195 g/mol. The van der Waals surface area contributed by atoms with Gasteiger partial charge in [0.05, 0.1) is 12.2 Å². The predicted octanol–water partition coefficient (Wildman–Crippen LogP) is 1.94. The first-order valence-electron chi connectivity index (χ1n) is 6.17. The van der Waals surface area contributed by atoms with E-state index in [1.54, 1.807) is 0 Å². The first-order chi connectivity index (χ1) is 6.81. The van der Waals surface area contributed by atoms with E-state index >= 15 is 0 Å². The maximum atomic E-state index is 6.13. The lowest BCUT2D eigenvalue weighted by Crippen LogP contribution is -2.52. The summed E-state index contributed by atoms with van der Waals surface area (Å²) < 4.78 is 6.13. The van der Waals surface area contributed by atoms with Gasteiger partial charge in [-0.15, -0.1) is 0 Å². The van der Waals surface area contributed by atoms with Crippen LogP contribution in [0, 0.1) is 11.3 Å². The summed E-state index contributed by atoms with van der Waals surface area (Å²) in [4.78, 5) is 0. The molecule has 3 heterocycles. The molecule has 0 aromatic rings. The molecule has 0 aliphatic carbocycles. The molecule has 4 unspecified atom stereocenters. The van der Waals surface area contributed by atoms with Crippen molar-refractivity contribution < 1.29 is 4.74 Å². The van der Waals surface area contributed by atoms with Gasteiger partial charge in [-0.05, 0) is 51.1 Å². The van der Waals surface area contributed by atoms with Crippen LogP contribution in [0.25, 0.3) is 0 Å². The lowest BCUT2D eigenvalue weighted by Gasteiger charge is -2.49. The van der Waals surface area contributed by atoms with Gasteiger partial charge in [0.2, 0.25) is 0 Å². The van der Waals surface area contributed by atoms with Crippen molar-refractivity contribution >= 4 is 0 Å². The van der Waals surface area contributed by atoms with Gasteiger partial charge in [0, 0.05) is 5.41 Å². The molecule has 3 fully saturated rings. The second-order valence-corrected chi connectivity index (χ2v) is 5.45. The molecule has 3 aliphatic rings. The Morgan fingerprint density at radius 3 is 3.00 bits per heavy atom. The maximum Gasteiger partial charge on any atom is 0.0639 e. The Labute approximate surface area is 86.4 Å². The van der Waals surface area contributed by atoms with E-state index in [2.05, 4.69) is 12.2 Å². The highest BCUT2D eigenvalue weighted by atomic mass is 16.5. The van der Waals surface area contributed by atoms with Crippen molar-refractivity contribution in [2.24, 2.45) is 11.3 Å². The molecule has 0 amide bonds. The number of fused-ring (bicyclic) bond motifs is 3. The van der Waals surface area contributed by atoms with Gasteiger partial charge in [-0.3, -0.25) is 0 Å². The van der Waals surface area contributed by atoms with E-state index in [0.717, 1.165) is 5.92 Å². The van der Waals surface area contributed by atoms with Gasteiger partial charge in [0.1, 0.15) is 0 Å². The molecule has 3 aliphatic heterocycles. The lowest BCUT2D eigenvalue weighted by atomic mass is 9.64. The third-order valence-corrected chi connectivity index (χ3v) is 4.88. The van der Waals surface area contributed by atoms with E-state index in [-0.39, 0.29) is 0 Å². The molecule has 4 atom stereocenters. The zero-order valence-electron chi connectivity index (χ0n) is 9.09. The summed E-state index contributed by atoms with van der Waals surface area (Å²) in [6.07, 6.45) is 7.95. The lowest BCUT2D eigenvalue weighted by molar-refractivity contribution is -0.119. The second kappa shape index (κ2) is 3.21. The van der Waals surface area contributed by atoms with E-state index in [0.29, 0.717) is 17.6 Å². The number of hydrogen-bond acceptors (Lipinski definition) is 2. The van der Waals surface area contributed by atoms with Crippen molar-refractivity contribution in [1.82, 2.24) is 5.32 Å². The minimum atomic E-state index is 0.540. The van der Waals surface area contributed by atoms with Crippen molar-refractivity contribution in [3.8, 4) is 0 Å². The Bertz CT molecular complexity index is 230. The van der Waals surface area contributed by atoms with Crippen molar-refractivity contribution in [2.45, 2.75) is 51.2 Å². The van der Waals surface area contributed by atoms with Gasteiger partial charge in [-0.2, -0.15) is 0 Å². The molecule has 2 heteroatoms. The Hall–Kier alpha value is -0.0800. The molecular formula is C12H21NO. The zero-order valence-corrected chi connectivity index (χ0v) is 9.09. The minimum absolute atomic E-state index is 0.540. The topological polar surface area (TPSA) is 21.3 Å². The molecule has 2 nitrogen and oxygen atoms in total. The number of piperidine rings is 1. The summed E-state index contributed by atoms with van der Waals surface area (Å²) in [5.41, 5.74) is 0.540. The summed E-state index contributed by atoms with van der Waals surface area (Å²) in [5.74, 6) is 0.806. The molecule has 1 spiro atoms. The number of nitrogens with one attached hydrogen (secondary N) is 1. The molecule has 14 heavy (non-hydrogen) atoms. The normalized spacial score (nSPS) is 52.5. The average Bonchev–Trinajstić information content (AvgIpc) is 2.61. The van der Waals surface area contributed by atoms with Crippen LogP contribution >= 0.6 is 0 Å². The Morgan fingerprint density at radius 2 is 2.14 bits per heavy atom. The van der Waals surface area contributed by atoms with E-state index in [4.69, 9.17) is 4.74 Å². The van der Waals surface area contributed by atoms with E-state index in [1.807, 2.05) is 0 Å². The smallest absolute Gasteiger partial charge is 0.0639 e. The molecule has 2 bridgehead atoms. The third-order valence-electron chi connectivity index (χ3n) is 4.88. The average molecular weight is 195 g/mol. The SMILES string of the molecule is CC1CNCCC12CCC1CCC2O1. The van der Waals surface area contributed by atoms with Gasteiger partial charge >= 0.3 is 0 Å². The summed E-state index contributed by atoms with van der Waals surface area (Å²) >= 11 is 0. The highest BCUT2D eigenvalue weighted by Gasteiger charge is 2.51. The molecule has 3 rings (SSSR count). The Morgan fingerprint density at radius 1 is 1.21 bits per heavy atom. The van der Waals surface area contributed by atoms with Crippen LogP contribution in [0.5, 0.6) is 0 Å². The number of rotatable bonds is 0. The summed E-state index contributed by atoms with van der Waals surface area (Å²) in [6, 6.07) is 0. The number of hydrogen-bond donors (Lipinski definition) is 1. The van der Waals surface area contributed by atoms with Crippen molar-refractivity contribution in [1.29, 1.82) is 0 Å². The van der Waals surface area contributed by atoms with Crippen LogP contribution in [0.15, 0.2) is 0 Å². The van der Waals surface area contributed by atoms with Gasteiger partial charge < -0.3 is 10.1 Å². The van der Waals surface area contributed by atoms with Gasteiger partial charge in [0.25, 0.3) is 0 Å². The highest BCUT2D eigenvalue weighted by Crippen LogP contribution is 2.51. The molecule has 0 aromatic carbocycles. The molecule has 80 valence electrons. The van der Waals surface area contributed by atoms with Gasteiger partial charge in [-0.1, -0.05) is 6.92 Å². The Balaban J connectivity index is 1.86. The quantitative estimate of drug-likeness (QED) is 0.638. The fourth-order valence-electron chi connectivity index (χ4n) is 3.87. The molecule has 1 N–H and O–H groups in total. The fraction of sp³-hybridized carbons (Fsp3) is 1.00. The van der Waals surface area contributed by atoms with Crippen LogP contribution in [-0.2, 0) is 4.74 Å². The predicted molar refractivity (Wildman–Crippen MR) is 56.2 cm³/mol. The first-order valence-corrected chi connectivity index (χ1v) is 6.17. The first kappa shape index (κ1) is 9.17. The molecular weight excluding hydrogens is 174 g/mol. The third kappa shape index (κ3) is 1.17. The summed E-state index contributed by atoms with van der Waals surface area (Å²) in [5, 5.41) is 3.51. The van der Waals surface area contributed by atoms with E-state index in [9.17, 15) is 0 Å². The van der Waals surface area contributed by atoms with Crippen molar-refractivity contribution in [3.05, 3.63) is 0 Å². The summed E-state index contributed by atoms with van der Waals surface area (Å²) in [6.45, 7) is 4.81. The largest absolute Gasteiger partial charge is 0.374 e. The van der Waals surface area contributed by atoms with Crippen LogP contribution in [0.4, 0.5) is 0 Å². The molecule has 0 aromatic heterocycles. The van der Waals surface area contributed by atoms with Gasteiger partial charge in [-0.25, -0.2) is 0 Å². The molecule has 3 saturated heterocycles. The van der Waals surface area contributed by atoms with Crippen LogP contribution in [0.2, 0.25) is 0 Å². The second-order valence-electron chi connectivity index (χ2n) is 5.45. The minimum Gasteiger partial charge on any atom is -0.374 e. The van der Waals surface area contributed by atoms with Crippen LogP contribution in [0.3, 0.4) is 0 Å². The Kier molecular flexibility index (Phi) is 2.10. The van der Waals surface area contributed by atoms with E-state index in [1.165, 1.54) is 45.2 Å². The van der Waals surface area contributed by atoms with E-state index < -0.39 is 0 Å². The molecule has 0 radical (unpaired) electrons. The van der Waals surface area contributed by atoms with Crippen LogP contribution < -0.4 is 5.32 Å². The van der Waals surface area contributed by atoms with Crippen LogP contribution in [-0.4, -0.2) is 25.3 Å². The maximum absolute atomic E-state index is 6.13. The van der Waals surface area contributed by atoms with Crippen LogP contribution in [0.1, 0.15) is 39.0 Å². The van der Waals surface area contributed by atoms with Crippen molar-refractivity contribution in [2.75, 3.05) is 13.1 Å². The number of ether oxygens (including phenoxy) is 1. The fourth-order valence-corrected chi connectivity index (χ4v) is 3.87. The summed E-state index contributed by atoms with van der Waals surface area (Å²) in [7, 11) is 0. The zero-order chi connectivity index (χ0) is 9.60. The molecule has 0 saturated carbocycles. The van der Waals surface area contributed by atoms with Crippen molar-refractivity contribution in [3.63, 3.8) is 0 Å². The van der Waals surface area contributed by atoms with Gasteiger partial charge in [0.15, 0.2) is 0 Å².